The molecule has 132 valence electrons. The molecule has 2 fully saturated rings. The number of amides is 1. The summed E-state index contributed by atoms with van der Waals surface area (Å²) in [5, 5.41) is 4.53. The molecule has 6 heteroatoms. The van der Waals surface area contributed by atoms with E-state index in [1.807, 2.05) is 37.8 Å². The summed E-state index contributed by atoms with van der Waals surface area (Å²) in [4.78, 5) is 24.0. The Morgan fingerprint density at radius 3 is 2.56 bits per heavy atom. The van der Waals surface area contributed by atoms with Crippen LogP contribution >= 0.6 is 0 Å². The highest BCUT2D eigenvalue weighted by Gasteiger charge is 2.53. The van der Waals surface area contributed by atoms with E-state index in [4.69, 9.17) is 0 Å². The quantitative estimate of drug-likeness (QED) is 0.844. The second-order valence-electron chi connectivity index (χ2n) is 7.75. The van der Waals surface area contributed by atoms with Gasteiger partial charge in [0, 0.05) is 29.2 Å². The van der Waals surface area contributed by atoms with E-state index in [9.17, 15) is 4.79 Å². The van der Waals surface area contributed by atoms with Gasteiger partial charge in [0.05, 0.1) is 0 Å². The van der Waals surface area contributed by atoms with Crippen LogP contribution in [0.2, 0.25) is 0 Å². The predicted molar refractivity (Wildman–Crippen MR) is 94.8 cm³/mol. The van der Waals surface area contributed by atoms with Crippen molar-refractivity contribution in [1.82, 2.24) is 24.6 Å². The van der Waals surface area contributed by atoms with Crippen molar-refractivity contribution in [3.8, 4) is 5.95 Å². The van der Waals surface area contributed by atoms with Gasteiger partial charge in [-0.1, -0.05) is 12.8 Å². The third-order valence-corrected chi connectivity index (χ3v) is 5.90. The lowest BCUT2D eigenvalue weighted by molar-refractivity contribution is -0.0695. The summed E-state index contributed by atoms with van der Waals surface area (Å²) in [5.74, 6) is 1.21. The van der Waals surface area contributed by atoms with Crippen LogP contribution in [0.3, 0.4) is 0 Å². The van der Waals surface area contributed by atoms with E-state index in [2.05, 4.69) is 22.0 Å². The van der Waals surface area contributed by atoms with Crippen molar-refractivity contribution in [2.45, 2.75) is 58.9 Å². The van der Waals surface area contributed by atoms with E-state index < -0.39 is 0 Å². The molecule has 4 rings (SSSR count). The maximum absolute atomic E-state index is 13.0. The number of hydrogen-bond donors (Lipinski definition) is 0. The molecular weight excluding hydrogens is 314 g/mol. The molecule has 2 aromatic rings. The number of carbonyl (C=O) groups is 1. The molecule has 1 saturated heterocycles. The Labute approximate surface area is 148 Å². The van der Waals surface area contributed by atoms with Crippen molar-refractivity contribution in [3.05, 3.63) is 34.9 Å². The number of likely N-dealkylation sites (tertiary alicyclic amines) is 1. The van der Waals surface area contributed by atoms with E-state index in [0.29, 0.717) is 17.6 Å². The fourth-order valence-corrected chi connectivity index (χ4v) is 4.39. The first kappa shape index (κ1) is 16.2. The minimum Gasteiger partial charge on any atom is -0.331 e. The summed E-state index contributed by atoms with van der Waals surface area (Å²) in [5.41, 5.74) is 3.17. The molecule has 25 heavy (non-hydrogen) atoms. The van der Waals surface area contributed by atoms with Crippen molar-refractivity contribution in [2.24, 2.45) is 5.92 Å². The Morgan fingerprint density at radius 1 is 1.16 bits per heavy atom. The lowest BCUT2D eigenvalue weighted by atomic mass is 9.66. The van der Waals surface area contributed by atoms with Crippen LogP contribution in [-0.2, 0) is 0 Å². The summed E-state index contributed by atoms with van der Waals surface area (Å²) in [6.45, 7) is 8.91. The van der Waals surface area contributed by atoms with Crippen LogP contribution in [0.1, 0.15) is 60.2 Å². The molecule has 1 aliphatic carbocycles. The first-order valence-electron chi connectivity index (χ1n) is 9.10. The van der Waals surface area contributed by atoms with E-state index in [-0.39, 0.29) is 11.4 Å². The zero-order valence-electron chi connectivity index (χ0n) is 15.4. The number of aromatic nitrogens is 4. The summed E-state index contributed by atoms with van der Waals surface area (Å²) >= 11 is 0. The molecule has 0 aromatic carbocycles. The zero-order chi connectivity index (χ0) is 17.8. The fraction of sp³-hybridized carbons (Fsp3) is 0.579. The number of hydrogen-bond acceptors (Lipinski definition) is 4. The molecule has 2 aromatic heterocycles. The molecule has 1 aliphatic heterocycles. The largest absolute Gasteiger partial charge is 0.331 e. The lowest BCUT2D eigenvalue weighted by Crippen LogP contribution is -2.68. The van der Waals surface area contributed by atoms with Crippen LogP contribution in [-0.4, -0.2) is 42.6 Å². The van der Waals surface area contributed by atoms with Gasteiger partial charge in [-0.2, -0.15) is 5.10 Å². The Morgan fingerprint density at radius 2 is 1.88 bits per heavy atom. The van der Waals surface area contributed by atoms with Crippen LogP contribution in [0.4, 0.5) is 0 Å². The number of rotatable bonds is 2. The minimum absolute atomic E-state index is 0.0173. The van der Waals surface area contributed by atoms with Gasteiger partial charge in [-0.3, -0.25) is 4.79 Å². The second-order valence-corrected chi connectivity index (χ2v) is 7.75. The number of nitrogens with zero attached hydrogens (tertiary/aromatic N) is 5. The van der Waals surface area contributed by atoms with Crippen LogP contribution in [0.15, 0.2) is 12.1 Å². The maximum Gasteiger partial charge on any atom is 0.274 e. The van der Waals surface area contributed by atoms with E-state index in [0.717, 1.165) is 30.0 Å². The van der Waals surface area contributed by atoms with Crippen LogP contribution in [0, 0.1) is 26.7 Å². The molecule has 0 unspecified atom stereocenters. The SMILES string of the molecule is Cc1cc(C)nc(-n2nc(C(=O)N3C[C@@H]4CCCC[C@@]43C)cc2C)n1. The average Bonchev–Trinajstić information content (AvgIpc) is 2.92. The third kappa shape index (κ3) is 2.55. The summed E-state index contributed by atoms with van der Waals surface area (Å²) in [6.07, 6.45) is 4.84. The Bertz CT molecular complexity index is 822. The van der Waals surface area contributed by atoms with Gasteiger partial charge in [0.1, 0.15) is 0 Å². The smallest absolute Gasteiger partial charge is 0.274 e. The Hall–Kier alpha value is -2.24. The molecule has 0 radical (unpaired) electrons. The highest BCUT2D eigenvalue weighted by atomic mass is 16.2. The molecule has 0 spiro atoms. The van der Waals surface area contributed by atoms with Gasteiger partial charge in [-0.25, -0.2) is 14.6 Å². The predicted octanol–water partition coefficient (Wildman–Crippen LogP) is 2.99. The summed E-state index contributed by atoms with van der Waals surface area (Å²) in [7, 11) is 0. The van der Waals surface area contributed by atoms with Crippen molar-refractivity contribution < 1.29 is 4.79 Å². The van der Waals surface area contributed by atoms with Gasteiger partial charge in [0.2, 0.25) is 0 Å². The van der Waals surface area contributed by atoms with Gasteiger partial charge in [0.25, 0.3) is 11.9 Å². The monoisotopic (exact) mass is 339 g/mol. The number of fused-ring (bicyclic) bond motifs is 1. The highest BCUT2D eigenvalue weighted by Crippen LogP contribution is 2.47. The third-order valence-electron chi connectivity index (χ3n) is 5.90. The van der Waals surface area contributed by atoms with Crippen molar-refractivity contribution in [1.29, 1.82) is 0 Å². The van der Waals surface area contributed by atoms with Crippen molar-refractivity contribution >= 4 is 5.91 Å². The normalized spacial score (nSPS) is 25.4. The standard InChI is InChI=1S/C19H25N5O/c1-12-9-13(2)21-18(20-12)24-14(3)10-16(22-24)17(25)23-11-15-7-5-6-8-19(15,23)4/h9-10,15H,5-8,11H2,1-4H3/t15-,19-/m0/s1. The second kappa shape index (κ2) is 5.64. The minimum atomic E-state index is 0.0173. The maximum atomic E-state index is 13.0. The molecule has 6 nitrogen and oxygen atoms in total. The first-order valence-corrected chi connectivity index (χ1v) is 9.10. The molecule has 2 aliphatic rings. The molecule has 3 heterocycles. The number of carbonyl (C=O) groups excluding carboxylic acids is 1. The van der Waals surface area contributed by atoms with Gasteiger partial charge in [0.15, 0.2) is 5.69 Å². The van der Waals surface area contributed by atoms with Crippen LogP contribution in [0.25, 0.3) is 5.95 Å². The molecule has 0 N–H and O–H groups in total. The van der Waals surface area contributed by atoms with Gasteiger partial charge >= 0.3 is 0 Å². The van der Waals surface area contributed by atoms with E-state index in [1.165, 1.54) is 19.3 Å². The first-order chi connectivity index (χ1) is 11.9. The Kier molecular flexibility index (Phi) is 3.67. The molecule has 1 saturated carbocycles. The van der Waals surface area contributed by atoms with E-state index in [1.54, 1.807) is 4.68 Å². The van der Waals surface area contributed by atoms with Gasteiger partial charge < -0.3 is 4.90 Å². The lowest BCUT2D eigenvalue weighted by Gasteiger charge is -2.59. The van der Waals surface area contributed by atoms with Crippen LogP contribution < -0.4 is 0 Å². The Balaban J connectivity index is 1.63. The van der Waals surface area contributed by atoms with Gasteiger partial charge in [-0.15, -0.1) is 0 Å². The van der Waals surface area contributed by atoms with Gasteiger partial charge in [-0.05, 0) is 58.6 Å². The summed E-state index contributed by atoms with van der Waals surface area (Å²) in [6, 6.07) is 3.78. The highest BCUT2D eigenvalue weighted by molar-refractivity contribution is 5.93. The van der Waals surface area contributed by atoms with Crippen LogP contribution in [0.5, 0.6) is 0 Å². The molecule has 0 bridgehead atoms. The van der Waals surface area contributed by atoms with Crippen molar-refractivity contribution in [2.75, 3.05) is 6.54 Å². The topological polar surface area (TPSA) is 63.9 Å². The molecular formula is C19H25N5O. The average molecular weight is 339 g/mol. The number of aryl methyl sites for hydroxylation is 3. The molecule has 2 atom stereocenters. The summed E-state index contributed by atoms with van der Waals surface area (Å²) < 4.78 is 1.67. The van der Waals surface area contributed by atoms with Crippen molar-refractivity contribution in [3.63, 3.8) is 0 Å². The van der Waals surface area contributed by atoms with E-state index >= 15 is 0 Å². The fourth-order valence-electron chi connectivity index (χ4n) is 4.39. The zero-order valence-corrected chi connectivity index (χ0v) is 15.4. The molecule has 1 amide bonds.